The maximum Gasteiger partial charge on any atom is 0.0908 e. The summed E-state index contributed by atoms with van der Waals surface area (Å²) in [6, 6.07) is 0. The van der Waals surface area contributed by atoms with Gasteiger partial charge in [0.15, 0.2) is 0 Å². The lowest BCUT2D eigenvalue weighted by molar-refractivity contribution is -0.0379. The molecule has 2 saturated carbocycles. The van der Waals surface area contributed by atoms with Crippen LogP contribution < -0.4 is 0 Å². The number of hydrogen-bond acceptors (Lipinski definition) is 2. The molecule has 4 rings (SSSR count). The van der Waals surface area contributed by atoms with Gasteiger partial charge in [0.05, 0.1) is 12.2 Å². The third kappa shape index (κ3) is 1.72. The highest BCUT2D eigenvalue weighted by molar-refractivity contribution is 5.42. The Morgan fingerprint density at radius 3 is 2.67 bits per heavy atom. The van der Waals surface area contributed by atoms with Crippen molar-refractivity contribution >= 4 is 0 Å². The predicted octanol–water partition coefficient (Wildman–Crippen LogP) is 3.22. The molecule has 0 aromatic heterocycles. The van der Waals surface area contributed by atoms with Crippen LogP contribution >= 0.6 is 0 Å². The van der Waals surface area contributed by atoms with E-state index in [0.717, 1.165) is 19.3 Å². The molecule has 0 aromatic rings. The largest absolute Gasteiger partial charge is 0.393 e. The first kappa shape index (κ1) is 13.8. The van der Waals surface area contributed by atoms with Crippen LogP contribution in [0.4, 0.5) is 0 Å². The second kappa shape index (κ2) is 4.33. The van der Waals surface area contributed by atoms with Gasteiger partial charge in [0.2, 0.25) is 0 Å². The fourth-order valence-corrected chi connectivity index (χ4v) is 5.74. The molecule has 4 aliphatic rings. The summed E-state index contributed by atoms with van der Waals surface area (Å²) in [5.74, 6) is 1.80. The molecule has 2 unspecified atom stereocenters. The fraction of sp³-hybridized carbons (Fsp3) is 0.684. The summed E-state index contributed by atoms with van der Waals surface area (Å²) >= 11 is 0. The molecule has 2 N–H and O–H groups in total. The van der Waals surface area contributed by atoms with E-state index in [1.165, 1.54) is 12.0 Å². The zero-order chi connectivity index (χ0) is 14.8. The molecule has 0 amide bonds. The Hall–Kier alpha value is -0.860. The molecule has 21 heavy (non-hydrogen) atoms. The summed E-state index contributed by atoms with van der Waals surface area (Å²) in [6.45, 7) is 4.63. The molecule has 7 atom stereocenters. The maximum absolute atomic E-state index is 10.4. The van der Waals surface area contributed by atoms with Gasteiger partial charge in [-0.15, -0.1) is 0 Å². The van der Waals surface area contributed by atoms with Crippen molar-refractivity contribution in [2.45, 2.75) is 51.7 Å². The number of allylic oxidation sites excluding steroid dienone is 4. The monoisotopic (exact) mass is 286 g/mol. The smallest absolute Gasteiger partial charge is 0.0908 e. The Bertz CT molecular complexity index is 546. The van der Waals surface area contributed by atoms with Crippen LogP contribution in [-0.4, -0.2) is 22.4 Å². The van der Waals surface area contributed by atoms with Crippen LogP contribution in [0.1, 0.15) is 39.5 Å². The van der Waals surface area contributed by atoms with E-state index < -0.39 is 6.10 Å². The molecule has 2 heteroatoms. The second-order valence-electron chi connectivity index (χ2n) is 8.04. The minimum Gasteiger partial charge on any atom is -0.393 e. The van der Waals surface area contributed by atoms with Crippen molar-refractivity contribution in [3.8, 4) is 0 Å². The molecule has 114 valence electrons. The van der Waals surface area contributed by atoms with Gasteiger partial charge >= 0.3 is 0 Å². The van der Waals surface area contributed by atoms with Crippen LogP contribution in [0.15, 0.2) is 36.0 Å². The first-order valence-electron chi connectivity index (χ1n) is 8.41. The van der Waals surface area contributed by atoms with Crippen molar-refractivity contribution in [2.24, 2.45) is 28.6 Å². The summed E-state index contributed by atoms with van der Waals surface area (Å²) in [7, 11) is 0. The van der Waals surface area contributed by atoms with E-state index in [1.54, 1.807) is 0 Å². The molecule has 0 bridgehead atoms. The summed E-state index contributed by atoms with van der Waals surface area (Å²) in [5.41, 5.74) is 1.45. The zero-order valence-electron chi connectivity index (χ0n) is 13.0. The standard InChI is InChI=1S/C19H26O2/c1-18-9-7-13(20)11-12(18)3-4-14-15-5-6-17(21)19(15,2)10-8-16(14)18/h3-4,7,9,11,13-17,20-21H,5-6,8,10H2,1-2H3/t13?,14-,15-,16-,17?,18-,19-/m0/s1. The van der Waals surface area contributed by atoms with Crippen LogP contribution in [0.3, 0.4) is 0 Å². The van der Waals surface area contributed by atoms with Crippen LogP contribution in [0.5, 0.6) is 0 Å². The molecule has 0 spiro atoms. The Morgan fingerprint density at radius 1 is 1.05 bits per heavy atom. The van der Waals surface area contributed by atoms with Crippen LogP contribution in [0, 0.1) is 28.6 Å². The molecule has 0 aromatic carbocycles. The van der Waals surface area contributed by atoms with Gasteiger partial charge < -0.3 is 10.2 Å². The number of fused-ring (bicyclic) bond motifs is 5. The van der Waals surface area contributed by atoms with E-state index in [0.29, 0.717) is 17.8 Å². The zero-order valence-corrected chi connectivity index (χ0v) is 13.0. The van der Waals surface area contributed by atoms with Gasteiger partial charge in [-0.1, -0.05) is 38.2 Å². The highest BCUT2D eigenvalue weighted by Crippen LogP contribution is 2.62. The van der Waals surface area contributed by atoms with E-state index in [2.05, 4.69) is 32.1 Å². The summed E-state index contributed by atoms with van der Waals surface area (Å²) in [6.07, 6.45) is 14.7. The van der Waals surface area contributed by atoms with Gasteiger partial charge in [0.25, 0.3) is 0 Å². The van der Waals surface area contributed by atoms with E-state index in [1.807, 2.05) is 12.2 Å². The Labute approximate surface area is 127 Å². The molecule has 0 radical (unpaired) electrons. The van der Waals surface area contributed by atoms with Gasteiger partial charge in [-0.05, 0) is 60.5 Å². The summed E-state index contributed by atoms with van der Waals surface area (Å²) in [5, 5.41) is 20.3. The second-order valence-corrected chi connectivity index (χ2v) is 8.04. The Kier molecular flexibility index (Phi) is 2.84. The highest BCUT2D eigenvalue weighted by Gasteiger charge is 2.57. The number of aliphatic hydroxyl groups excluding tert-OH is 2. The van der Waals surface area contributed by atoms with E-state index in [9.17, 15) is 10.2 Å². The normalized spacial score (nSPS) is 54.7. The molecule has 2 fully saturated rings. The summed E-state index contributed by atoms with van der Waals surface area (Å²) in [4.78, 5) is 0. The molecule has 2 nitrogen and oxygen atoms in total. The van der Waals surface area contributed by atoms with Crippen LogP contribution in [0.25, 0.3) is 0 Å². The minimum absolute atomic E-state index is 0.0630. The van der Waals surface area contributed by atoms with Gasteiger partial charge in [-0.2, -0.15) is 0 Å². The average Bonchev–Trinajstić information content (AvgIpc) is 2.76. The lowest BCUT2D eigenvalue weighted by Crippen LogP contribution is -2.49. The molecular formula is C19H26O2. The SMILES string of the molecule is C[C@]12C=CC(O)C=C1C=C[C@@H]1[C@@H]2CC[C@]2(C)C(O)CC[C@@H]12. The van der Waals surface area contributed by atoms with Gasteiger partial charge in [0, 0.05) is 5.41 Å². The minimum atomic E-state index is -0.434. The first-order valence-corrected chi connectivity index (χ1v) is 8.41. The van der Waals surface area contributed by atoms with E-state index in [-0.39, 0.29) is 16.9 Å². The number of hydrogen-bond donors (Lipinski definition) is 2. The Balaban J connectivity index is 1.75. The van der Waals surface area contributed by atoms with Crippen molar-refractivity contribution in [3.63, 3.8) is 0 Å². The van der Waals surface area contributed by atoms with Gasteiger partial charge in [-0.25, -0.2) is 0 Å². The van der Waals surface area contributed by atoms with Crippen molar-refractivity contribution in [2.75, 3.05) is 0 Å². The lowest BCUT2D eigenvalue weighted by atomic mass is 9.50. The van der Waals surface area contributed by atoms with Crippen molar-refractivity contribution in [1.29, 1.82) is 0 Å². The predicted molar refractivity (Wildman–Crippen MR) is 83.5 cm³/mol. The molecule has 0 heterocycles. The first-order chi connectivity index (χ1) is 9.95. The fourth-order valence-electron chi connectivity index (χ4n) is 5.74. The molecule has 4 aliphatic carbocycles. The van der Waals surface area contributed by atoms with Crippen molar-refractivity contribution in [1.82, 2.24) is 0 Å². The average molecular weight is 286 g/mol. The maximum atomic E-state index is 10.4. The Morgan fingerprint density at radius 2 is 1.86 bits per heavy atom. The third-order valence-electron chi connectivity index (χ3n) is 7.16. The lowest BCUT2D eigenvalue weighted by Gasteiger charge is -2.54. The van der Waals surface area contributed by atoms with Crippen LogP contribution in [0.2, 0.25) is 0 Å². The molecule has 0 aliphatic heterocycles. The molecular weight excluding hydrogens is 260 g/mol. The van der Waals surface area contributed by atoms with E-state index in [4.69, 9.17) is 0 Å². The topological polar surface area (TPSA) is 40.5 Å². The quantitative estimate of drug-likeness (QED) is 0.671. The highest BCUT2D eigenvalue weighted by atomic mass is 16.3. The number of aliphatic hydroxyl groups is 2. The van der Waals surface area contributed by atoms with Crippen molar-refractivity contribution in [3.05, 3.63) is 36.0 Å². The van der Waals surface area contributed by atoms with E-state index >= 15 is 0 Å². The van der Waals surface area contributed by atoms with Crippen LogP contribution in [-0.2, 0) is 0 Å². The summed E-state index contributed by atoms with van der Waals surface area (Å²) < 4.78 is 0. The van der Waals surface area contributed by atoms with Gasteiger partial charge in [0.1, 0.15) is 0 Å². The number of rotatable bonds is 0. The molecule has 0 saturated heterocycles. The van der Waals surface area contributed by atoms with Gasteiger partial charge in [-0.3, -0.25) is 0 Å². The van der Waals surface area contributed by atoms with Crippen molar-refractivity contribution < 1.29 is 10.2 Å². The third-order valence-corrected chi connectivity index (χ3v) is 7.16.